The van der Waals surface area contributed by atoms with Gasteiger partial charge in [0.2, 0.25) is 6.79 Å². The Morgan fingerprint density at radius 1 is 1.29 bits per heavy atom. The first-order valence-electron chi connectivity index (χ1n) is 5.25. The highest BCUT2D eigenvalue weighted by Gasteiger charge is 2.18. The maximum Gasteiger partial charge on any atom is 0.231 e. The quantitative estimate of drug-likeness (QED) is 0.831. The molecule has 2 aromatic rings. The number of nitrogens with zero attached hydrogens (tertiary/aromatic N) is 1. The number of benzene rings is 1. The molecule has 0 spiro atoms. The summed E-state index contributed by atoms with van der Waals surface area (Å²) in [6.07, 6.45) is 0. The van der Waals surface area contributed by atoms with Gasteiger partial charge in [-0.05, 0) is 25.1 Å². The Morgan fingerprint density at radius 3 is 2.94 bits per heavy atom. The van der Waals surface area contributed by atoms with Gasteiger partial charge in [0.05, 0.1) is 5.69 Å². The smallest absolute Gasteiger partial charge is 0.231 e. The van der Waals surface area contributed by atoms with E-state index in [4.69, 9.17) is 14.0 Å². The van der Waals surface area contributed by atoms with E-state index in [1.54, 1.807) is 0 Å². The molecular weight excluding hydrogens is 238 g/mol. The van der Waals surface area contributed by atoms with Crippen molar-refractivity contribution in [3.8, 4) is 22.8 Å². The predicted octanol–water partition coefficient (Wildman–Crippen LogP) is 2.81. The van der Waals surface area contributed by atoms with Crippen LogP contribution in [0.4, 0.5) is 0 Å². The van der Waals surface area contributed by atoms with E-state index in [1.165, 1.54) is 0 Å². The van der Waals surface area contributed by atoms with Crippen molar-refractivity contribution in [3.05, 3.63) is 29.5 Å². The van der Waals surface area contributed by atoms with E-state index in [2.05, 4.69) is 17.8 Å². The molecule has 0 N–H and O–H groups in total. The molecule has 0 amide bonds. The molecule has 0 saturated heterocycles. The number of aryl methyl sites for hydroxylation is 1. The third-order valence-corrected chi connectivity index (χ3v) is 3.09. The Morgan fingerprint density at radius 2 is 2.12 bits per heavy atom. The molecule has 0 bridgehead atoms. The van der Waals surface area contributed by atoms with Crippen LogP contribution >= 0.6 is 12.6 Å². The van der Waals surface area contributed by atoms with Crippen LogP contribution in [0.25, 0.3) is 11.3 Å². The van der Waals surface area contributed by atoms with Gasteiger partial charge in [0.25, 0.3) is 0 Å². The average Bonchev–Trinajstić information content (AvgIpc) is 2.93. The summed E-state index contributed by atoms with van der Waals surface area (Å²) in [4.78, 5) is 0. The summed E-state index contributed by atoms with van der Waals surface area (Å²) in [5, 5.41) is 3.96. The predicted molar refractivity (Wildman–Crippen MR) is 65.5 cm³/mol. The van der Waals surface area contributed by atoms with Crippen LogP contribution in [0.15, 0.2) is 22.7 Å². The molecule has 0 unspecified atom stereocenters. The Labute approximate surface area is 104 Å². The van der Waals surface area contributed by atoms with Crippen molar-refractivity contribution in [2.45, 2.75) is 12.7 Å². The molecular formula is C12H11NO3S. The van der Waals surface area contributed by atoms with Crippen molar-refractivity contribution < 1.29 is 14.0 Å². The highest BCUT2D eigenvalue weighted by Crippen LogP contribution is 2.37. The van der Waals surface area contributed by atoms with Crippen LogP contribution in [0.2, 0.25) is 0 Å². The molecule has 1 aliphatic rings. The van der Waals surface area contributed by atoms with Gasteiger partial charge in [-0.1, -0.05) is 5.16 Å². The summed E-state index contributed by atoms with van der Waals surface area (Å²) < 4.78 is 15.9. The lowest BCUT2D eigenvalue weighted by molar-refractivity contribution is 0.174. The number of hydrogen-bond donors (Lipinski definition) is 1. The zero-order valence-corrected chi connectivity index (χ0v) is 10.2. The second kappa shape index (κ2) is 4.00. The normalized spacial score (nSPS) is 13.1. The number of thiol groups is 1. The maximum atomic E-state index is 5.34. The Kier molecular flexibility index (Phi) is 2.48. The van der Waals surface area contributed by atoms with Crippen molar-refractivity contribution in [1.29, 1.82) is 0 Å². The summed E-state index contributed by atoms with van der Waals surface area (Å²) in [6.45, 7) is 2.18. The van der Waals surface area contributed by atoms with Crippen molar-refractivity contribution in [2.75, 3.05) is 6.79 Å². The minimum Gasteiger partial charge on any atom is -0.454 e. The zero-order chi connectivity index (χ0) is 11.8. The third-order valence-electron chi connectivity index (χ3n) is 2.78. The van der Waals surface area contributed by atoms with Crippen molar-refractivity contribution in [2.24, 2.45) is 0 Å². The first kappa shape index (κ1) is 10.5. The van der Waals surface area contributed by atoms with Crippen LogP contribution in [-0.2, 0) is 5.75 Å². The van der Waals surface area contributed by atoms with Gasteiger partial charge in [-0.25, -0.2) is 0 Å². The molecule has 0 atom stereocenters. The van der Waals surface area contributed by atoms with Gasteiger partial charge in [-0.3, -0.25) is 0 Å². The van der Waals surface area contributed by atoms with Crippen molar-refractivity contribution >= 4 is 12.6 Å². The summed E-state index contributed by atoms with van der Waals surface area (Å²) in [6, 6.07) is 5.70. The van der Waals surface area contributed by atoms with Crippen molar-refractivity contribution in [3.63, 3.8) is 0 Å². The maximum absolute atomic E-state index is 5.34. The lowest BCUT2D eigenvalue weighted by Gasteiger charge is -2.01. The van der Waals surface area contributed by atoms with Crippen LogP contribution in [0.3, 0.4) is 0 Å². The van der Waals surface area contributed by atoms with Crippen molar-refractivity contribution in [1.82, 2.24) is 5.16 Å². The van der Waals surface area contributed by atoms with Crippen LogP contribution in [-0.4, -0.2) is 11.9 Å². The molecule has 0 saturated carbocycles. The van der Waals surface area contributed by atoms with Gasteiger partial charge in [0.15, 0.2) is 17.3 Å². The van der Waals surface area contributed by atoms with Gasteiger partial charge in [0, 0.05) is 16.9 Å². The second-order valence-electron chi connectivity index (χ2n) is 3.80. The highest BCUT2D eigenvalue weighted by atomic mass is 32.1. The van der Waals surface area contributed by atoms with Gasteiger partial charge >= 0.3 is 0 Å². The van der Waals surface area contributed by atoms with E-state index >= 15 is 0 Å². The Bertz CT molecular complexity index is 565. The van der Waals surface area contributed by atoms with Crippen LogP contribution in [0.5, 0.6) is 11.5 Å². The molecule has 5 heteroatoms. The minimum atomic E-state index is 0.271. The highest BCUT2D eigenvalue weighted by molar-refractivity contribution is 7.79. The first-order chi connectivity index (χ1) is 8.29. The number of hydrogen-bond acceptors (Lipinski definition) is 5. The molecule has 1 aromatic heterocycles. The zero-order valence-electron chi connectivity index (χ0n) is 9.27. The van der Waals surface area contributed by atoms with E-state index in [0.717, 1.165) is 34.1 Å². The summed E-state index contributed by atoms with van der Waals surface area (Å²) in [7, 11) is 0. The fourth-order valence-electron chi connectivity index (χ4n) is 1.84. The number of fused-ring (bicyclic) bond motifs is 1. The SMILES string of the molecule is Cc1noc(-c2ccc3c(c2)OCO3)c1CS. The summed E-state index contributed by atoms with van der Waals surface area (Å²) >= 11 is 4.29. The lowest BCUT2D eigenvalue weighted by atomic mass is 10.1. The van der Waals surface area contributed by atoms with E-state index in [-0.39, 0.29) is 6.79 Å². The van der Waals surface area contributed by atoms with Crippen LogP contribution in [0.1, 0.15) is 11.3 Å². The van der Waals surface area contributed by atoms with Gasteiger partial charge < -0.3 is 14.0 Å². The molecule has 17 heavy (non-hydrogen) atoms. The fraction of sp³-hybridized carbons (Fsp3) is 0.250. The molecule has 3 rings (SSSR count). The fourth-order valence-corrected chi connectivity index (χ4v) is 2.21. The van der Waals surface area contributed by atoms with E-state index < -0.39 is 0 Å². The van der Waals surface area contributed by atoms with E-state index in [9.17, 15) is 0 Å². The summed E-state index contributed by atoms with van der Waals surface area (Å²) in [5.74, 6) is 2.84. The molecule has 0 radical (unpaired) electrons. The number of rotatable bonds is 2. The minimum absolute atomic E-state index is 0.271. The molecule has 4 nitrogen and oxygen atoms in total. The topological polar surface area (TPSA) is 44.5 Å². The first-order valence-corrected chi connectivity index (χ1v) is 5.89. The largest absolute Gasteiger partial charge is 0.454 e. The van der Waals surface area contributed by atoms with Crippen LogP contribution < -0.4 is 9.47 Å². The molecule has 1 aromatic carbocycles. The standard InChI is InChI=1S/C12H11NO3S/c1-7-9(5-17)12(16-13-7)8-2-3-10-11(4-8)15-6-14-10/h2-4,17H,5-6H2,1H3. The third kappa shape index (κ3) is 1.67. The average molecular weight is 249 g/mol. The van der Waals surface area contributed by atoms with E-state index in [0.29, 0.717) is 5.75 Å². The molecule has 2 heterocycles. The number of aromatic nitrogens is 1. The van der Waals surface area contributed by atoms with E-state index in [1.807, 2.05) is 25.1 Å². The molecule has 88 valence electrons. The van der Waals surface area contributed by atoms with Gasteiger partial charge in [0.1, 0.15) is 0 Å². The summed E-state index contributed by atoms with van der Waals surface area (Å²) in [5.41, 5.74) is 2.80. The van der Waals surface area contributed by atoms with Gasteiger partial charge in [-0.15, -0.1) is 0 Å². The van der Waals surface area contributed by atoms with Crippen LogP contribution in [0, 0.1) is 6.92 Å². The second-order valence-corrected chi connectivity index (χ2v) is 4.12. The lowest BCUT2D eigenvalue weighted by Crippen LogP contribution is -1.92. The molecule has 1 aliphatic heterocycles. The number of ether oxygens (including phenoxy) is 2. The molecule has 0 aliphatic carbocycles. The Balaban J connectivity index is 2.09. The molecule has 0 fully saturated rings. The van der Waals surface area contributed by atoms with Gasteiger partial charge in [-0.2, -0.15) is 12.6 Å². The Hall–Kier alpha value is -1.62. The monoisotopic (exact) mass is 249 g/mol.